The predicted octanol–water partition coefficient (Wildman–Crippen LogP) is 1.68. The highest BCUT2D eigenvalue weighted by Gasteiger charge is 2.85. The van der Waals surface area contributed by atoms with Gasteiger partial charge in [-0.2, -0.15) is 0 Å². The lowest BCUT2D eigenvalue weighted by molar-refractivity contribution is -0.366. The summed E-state index contributed by atoms with van der Waals surface area (Å²) in [6.45, 7) is 16.7. The number of aliphatic hydroxyl groups is 8. The molecule has 8 fully saturated rings. The third kappa shape index (κ3) is 6.40. The number of rotatable bonds is 8. The summed E-state index contributed by atoms with van der Waals surface area (Å²) in [5.41, 5.74) is -2.79. The van der Waals surface area contributed by atoms with E-state index >= 15 is 0 Å². The lowest BCUT2D eigenvalue weighted by Gasteiger charge is -2.65. The summed E-state index contributed by atoms with van der Waals surface area (Å²) in [5.74, 6) is -0.790. The van der Waals surface area contributed by atoms with Crippen LogP contribution in [-0.2, 0) is 33.2 Å². The number of carbonyl (C=O) groups excluding carboxylic acids is 1. The number of hydrogen-bond acceptors (Lipinski definition) is 15. The summed E-state index contributed by atoms with van der Waals surface area (Å²) in [6, 6.07) is 0. The van der Waals surface area contributed by atoms with Gasteiger partial charge in [0.2, 0.25) is 0 Å². The Morgan fingerprint density at radius 1 is 0.763 bits per heavy atom. The Morgan fingerprint density at radius 2 is 1.44 bits per heavy atom. The summed E-state index contributed by atoms with van der Waals surface area (Å²) >= 11 is 0. The second-order valence-electron chi connectivity index (χ2n) is 22.1. The standard InChI is InChI=1S/C44H72O15/c1-20-28(49)29(50)30(51)36(54-20)58-32-24(18-45)56-37(31(52)33(32)55-21(2)46)57-26-11-13-44-19-43(44)15-14-40(7)35(42(9)12-10-27(59-42)39(5,6)53)23(48)17-41(40,8)25(43)16-22(47)34(44)38(26,3)4/h20,22-37,45,47-53H,10-19H2,1-9H3. The van der Waals surface area contributed by atoms with Crippen LogP contribution in [0.4, 0.5) is 0 Å². The van der Waals surface area contributed by atoms with E-state index in [0.29, 0.717) is 19.3 Å². The van der Waals surface area contributed by atoms with Crippen molar-refractivity contribution < 1.29 is 74.1 Å². The molecule has 22 unspecified atom stereocenters. The van der Waals surface area contributed by atoms with Crippen LogP contribution >= 0.6 is 0 Å². The quantitative estimate of drug-likeness (QED) is 0.128. The number of hydrogen-bond donors (Lipinski definition) is 8. The molecular weight excluding hydrogens is 768 g/mol. The van der Waals surface area contributed by atoms with Crippen molar-refractivity contribution in [1.82, 2.24) is 0 Å². The van der Waals surface area contributed by atoms with Gasteiger partial charge >= 0.3 is 5.97 Å². The first-order valence-electron chi connectivity index (χ1n) is 22.2. The fourth-order valence-electron chi connectivity index (χ4n) is 15.5. The van der Waals surface area contributed by atoms with E-state index in [9.17, 15) is 45.6 Å². The molecule has 0 radical (unpaired) electrons. The van der Waals surface area contributed by atoms with E-state index in [1.165, 1.54) is 13.8 Å². The molecule has 0 amide bonds. The third-order valence-corrected chi connectivity index (χ3v) is 18.2. The summed E-state index contributed by atoms with van der Waals surface area (Å²) in [6.07, 6.45) is -9.00. The van der Waals surface area contributed by atoms with Crippen LogP contribution in [0, 0.1) is 44.8 Å². The second-order valence-corrected chi connectivity index (χ2v) is 22.1. The maximum Gasteiger partial charge on any atom is 0.303 e. The molecule has 0 aromatic heterocycles. The SMILES string of the molecule is CC(=O)OC1C(O)C(OC2CCC34CC35CCC3(C)C(C6(C)CCC(C(C)(C)O)O6)C(O)CC3(C)C5CC(O)C4C2(C)C)OC(CO)C1OC1OC(C)C(O)C(O)C1O. The number of aliphatic hydroxyl groups excluding tert-OH is 7. The van der Waals surface area contributed by atoms with E-state index in [1.54, 1.807) is 13.8 Å². The molecule has 59 heavy (non-hydrogen) atoms. The van der Waals surface area contributed by atoms with E-state index in [1.807, 2.05) is 0 Å². The Kier molecular flexibility index (Phi) is 10.9. The van der Waals surface area contributed by atoms with Gasteiger partial charge in [0.15, 0.2) is 18.7 Å². The van der Waals surface area contributed by atoms with Gasteiger partial charge in [-0.3, -0.25) is 4.79 Å². The van der Waals surface area contributed by atoms with E-state index in [4.69, 9.17) is 28.4 Å². The Labute approximate surface area is 348 Å². The van der Waals surface area contributed by atoms with Crippen LogP contribution in [0.3, 0.4) is 0 Å². The number of fused-ring (bicyclic) bond motifs is 2. The first-order valence-corrected chi connectivity index (χ1v) is 22.2. The minimum absolute atomic E-state index is 0.00420. The van der Waals surface area contributed by atoms with E-state index < -0.39 is 109 Å². The van der Waals surface area contributed by atoms with Crippen molar-refractivity contribution >= 4 is 5.97 Å². The average molecular weight is 841 g/mol. The van der Waals surface area contributed by atoms with Gasteiger partial charge < -0.3 is 69.3 Å². The highest BCUT2D eigenvalue weighted by Crippen LogP contribution is 2.89. The summed E-state index contributed by atoms with van der Waals surface area (Å²) < 4.78 is 36.7. The first-order chi connectivity index (χ1) is 27.3. The molecule has 0 aromatic carbocycles. The van der Waals surface area contributed by atoms with Gasteiger partial charge in [-0.25, -0.2) is 0 Å². The number of esters is 1. The highest BCUT2D eigenvalue weighted by atomic mass is 16.7. The van der Waals surface area contributed by atoms with Gasteiger partial charge in [-0.15, -0.1) is 0 Å². The Bertz CT molecular complexity index is 1610. The van der Waals surface area contributed by atoms with Crippen molar-refractivity contribution in [2.75, 3.05) is 6.61 Å². The monoisotopic (exact) mass is 840 g/mol. The van der Waals surface area contributed by atoms with E-state index in [2.05, 4.69) is 34.6 Å². The van der Waals surface area contributed by atoms with Gasteiger partial charge in [0, 0.05) is 12.8 Å². The zero-order chi connectivity index (χ0) is 43.2. The largest absolute Gasteiger partial charge is 0.457 e. The lowest BCUT2D eigenvalue weighted by atomic mass is 9.41. The van der Waals surface area contributed by atoms with Crippen molar-refractivity contribution in [3.8, 4) is 0 Å². The second kappa shape index (κ2) is 14.5. The third-order valence-electron chi connectivity index (χ3n) is 18.2. The Balaban J connectivity index is 1.01. The van der Waals surface area contributed by atoms with Crippen LogP contribution in [0.2, 0.25) is 0 Å². The molecule has 0 bridgehead atoms. The molecule has 2 spiro atoms. The molecule has 5 saturated carbocycles. The summed E-state index contributed by atoms with van der Waals surface area (Å²) in [4.78, 5) is 12.4. The number of ether oxygens (including phenoxy) is 6. The highest BCUT2D eigenvalue weighted by molar-refractivity contribution is 5.66. The van der Waals surface area contributed by atoms with E-state index in [-0.39, 0.29) is 45.5 Å². The van der Waals surface area contributed by atoms with Gasteiger partial charge in [0.1, 0.15) is 36.6 Å². The molecule has 338 valence electrons. The maximum absolute atomic E-state index is 12.4. The fraction of sp³-hybridized carbons (Fsp3) is 0.977. The summed E-state index contributed by atoms with van der Waals surface area (Å²) in [7, 11) is 0. The molecule has 15 heteroatoms. The van der Waals surface area contributed by atoms with Gasteiger partial charge in [-0.05, 0) is 124 Å². The fourth-order valence-corrected chi connectivity index (χ4v) is 15.5. The molecule has 8 N–H and O–H groups in total. The molecule has 15 nitrogen and oxygen atoms in total. The van der Waals surface area contributed by atoms with Gasteiger partial charge in [-0.1, -0.05) is 27.7 Å². The minimum atomic E-state index is -1.69. The molecule has 3 aliphatic heterocycles. The van der Waals surface area contributed by atoms with Crippen LogP contribution in [0.1, 0.15) is 120 Å². The van der Waals surface area contributed by atoms with Crippen molar-refractivity contribution in [2.45, 2.75) is 217 Å². The van der Waals surface area contributed by atoms with Gasteiger partial charge in [0.25, 0.3) is 0 Å². The molecule has 22 atom stereocenters. The van der Waals surface area contributed by atoms with Crippen LogP contribution in [0.25, 0.3) is 0 Å². The zero-order valence-electron chi connectivity index (χ0n) is 36.3. The molecule has 3 saturated heterocycles. The zero-order valence-corrected chi connectivity index (χ0v) is 36.3. The van der Waals surface area contributed by atoms with Crippen LogP contribution in [0.15, 0.2) is 0 Å². The van der Waals surface area contributed by atoms with Crippen LogP contribution in [-0.4, -0.2) is 150 Å². The summed E-state index contributed by atoms with van der Waals surface area (Å²) in [5, 5.41) is 88.9. The minimum Gasteiger partial charge on any atom is -0.457 e. The molecule has 5 aliphatic carbocycles. The molecule has 0 aromatic rings. The number of carbonyl (C=O) groups is 1. The Hall–Kier alpha value is -1.05. The normalized spacial score (nSPS) is 56.7. The topological polar surface area (TPSA) is 234 Å². The van der Waals surface area contributed by atoms with Crippen molar-refractivity contribution in [1.29, 1.82) is 0 Å². The van der Waals surface area contributed by atoms with Gasteiger partial charge in [0.05, 0.1) is 48.3 Å². The first kappa shape index (κ1) is 44.6. The lowest BCUT2D eigenvalue weighted by Crippen LogP contribution is -2.66. The molecule has 8 aliphatic rings. The van der Waals surface area contributed by atoms with Crippen molar-refractivity contribution in [3.05, 3.63) is 0 Å². The van der Waals surface area contributed by atoms with E-state index in [0.717, 1.165) is 38.5 Å². The van der Waals surface area contributed by atoms with Crippen LogP contribution < -0.4 is 0 Å². The average Bonchev–Trinajstić information content (AvgIpc) is 3.49. The van der Waals surface area contributed by atoms with Crippen molar-refractivity contribution in [3.63, 3.8) is 0 Å². The van der Waals surface area contributed by atoms with Crippen molar-refractivity contribution in [2.24, 2.45) is 44.8 Å². The smallest absolute Gasteiger partial charge is 0.303 e. The molecule has 3 heterocycles. The molecular formula is C44H72O15. The Morgan fingerprint density at radius 3 is 2.07 bits per heavy atom. The van der Waals surface area contributed by atoms with Crippen LogP contribution in [0.5, 0.6) is 0 Å². The maximum atomic E-state index is 12.4. The predicted molar refractivity (Wildman–Crippen MR) is 208 cm³/mol. The molecule has 8 rings (SSSR count).